The number of ether oxygens (including phenoxy) is 2. The van der Waals surface area contributed by atoms with Gasteiger partial charge in [0.05, 0.1) is 7.11 Å². The van der Waals surface area contributed by atoms with E-state index >= 15 is 0 Å². The van der Waals surface area contributed by atoms with E-state index in [9.17, 15) is 8.78 Å². The molecule has 2 aromatic rings. The van der Waals surface area contributed by atoms with Crippen molar-refractivity contribution in [1.82, 2.24) is 15.0 Å². The fourth-order valence-electron chi connectivity index (χ4n) is 1.25. The SMILES string of the molecule is CNc1nc(OC)nc(Oc2cccc(F)c2F)n1. The Kier molecular flexibility index (Phi) is 3.69. The molecule has 0 aliphatic carbocycles. The minimum absolute atomic E-state index is 0.00818. The third-order valence-electron chi connectivity index (χ3n) is 2.12. The molecule has 0 spiro atoms. The lowest BCUT2D eigenvalue weighted by atomic mass is 10.3. The van der Waals surface area contributed by atoms with Crippen LogP contribution in [0.1, 0.15) is 0 Å². The zero-order valence-electron chi connectivity index (χ0n) is 10.1. The summed E-state index contributed by atoms with van der Waals surface area (Å²) in [6.45, 7) is 0. The molecule has 0 atom stereocenters. The van der Waals surface area contributed by atoms with E-state index in [4.69, 9.17) is 9.47 Å². The topological polar surface area (TPSA) is 69.2 Å². The lowest BCUT2D eigenvalue weighted by Crippen LogP contribution is -2.04. The number of rotatable bonds is 4. The Hall–Kier alpha value is -2.51. The highest BCUT2D eigenvalue weighted by Gasteiger charge is 2.13. The van der Waals surface area contributed by atoms with E-state index in [-0.39, 0.29) is 23.7 Å². The van der Waals surface area contributed by atoms with Gasteiger partial charge in [-0.25, -0.2) is 4.39 Å². The molecule has 0 radical (unpaired) electrons. The summed E-state index contributed by atoms with van der Waals surface area (Å²) in [5.74, 6) is -2.28. The maximum Gasteiger partial charge on any atom is 0.330 e. The Bertz CT molecular complexity index is 573. The molecule has 6 nitrogen and oxygen atoms in total. The van der Waals surface area contributed by atoms with E-state index in [2.05, 4.69) is 20.3 Å². The van der Waals surface area contributed by atoms with Crippen LogP contribution in [-0.2, 0) is 0 Å². The summed E-state index contributed by atoms with van der Waals surface area (Å²) in [4.78, 5) is 11.5. The third-order valence-corrected chi connectivity index (χ3v) is 2.12. The van der Waals surface area contributed by atoms with Crippen molar-refractivity contribution in [3.8, 4) is 17.8 Å². The van der Waals surface area contributed by atoms with Gasteiger partial charge in [-0.1, -0.05) is 6.07 Å². The molecule has 1 N–H and O–H groups in total. The normalized spacial score (nSPS) is 10.1. The van der Waals surface area contributed by atoms with Crippen LogP contribution in [0.3, 0.4) is 0 Å². The molecule has 0 unspecified atom stereocenters. The summed E-state index contributed by atoms with van der Waals surface area (Å²) in [6.07, 6.45) is 0. The summed E-state index contributed by atoms with van der Waals surface area (Å²) in [5.41, 5.74) is 0. The van der Waals surface area contributed by atoms with Crippen LogP contribution < -0.4 is 14.8 Å². The smallest absolute Gasteiger partial charge is 0.330 e. The number of aromatic nitrogens is 3. The molecule has 0 saturated carbocycles. The Morgan fingerprint density at radius 1 is 1.11 bits per heavy atom. The van der Waals surface area contributed by atoms with Crippen molar-refractivity contribution in [2.45, 2.75) is 0 Å². The Morgan fingerprint density at radius 3 is 2.53 bits per heavy atom. The molecule has 0 aliphatic heterocycles. The van der Waals surface area contributed by atoms with E-state index in [1.807, 2.05) is 0 Å². The summed E-state index contributed by atoms with van der Waals surface area (Å²) in [5, 5.41) is 2.66. The van der Waals surface area contributed by atoms with Crippen LogP contribution in [0, 0.1) is 11.6 Å². The first-order valence-corrected chi connectivity index (χ1v) is 5.23. The van der Waals surface area contributed by atoms with Crippen LogP contribution in [-0.4, -0.2) is 29.1 Å². The van der Waals surface area contributed by atoms with Crippen molar-refractivity contribution in [3.05, 3.63) is 29.8 Å². The summed E-state index contributed by atoms with van der Waals surface area (Å²) < 4.78 is 36.4. The van der Waals surface area contributed by atoms with Crippen molar-refractivity contribution in [1.29, 1.82) is 0 Å². The van der Waals surface area contributed by atoms with Crippen LogP contribution in [0.2, 0.25) is 0 Å². The Balaban J connectivity index is 2.34. The molecule has 8 heteroatoms. The fraction of sp³-hybridized carbons (Fsp3) is 0.182. The monoisotopic (exact) mass is 268 g/mol. The predicted molar refractivity (Wildman–Crippen MR) is 62.4 cm³/mol. The summed E-state index contributed by atoms with van der Waals surface area (Å²) in [7, 11) is 2.95. The van der Waals surface area contributed by atoms with E-state index in [1.165, 1.54) is 19.2 Å². The van der Waals surface area contributed by atoms with E-state index in [0.29, 0.717) is 0 Å². The number of nitrogens with one attached hydrogen (secondary N) is 1. The quantitative estimate of drug-likeness (QED) is 0.914. The van der Waals surface area contributed by atoms with E-state index < -0.39 is 11.6 Å². The standard InChI is InChI=1S/C11H10F2N4O2/c1-14-9-15-10(18-2)17-11(16-9)19-7-5-3-4-6(12)8(7)13/h3-5H,1-2H3,(H,14,15,16,17). The number of anilines is 1. The van der Waals surface area contributed by atoms with Crippen LogP contribution in [0.4, 0.5) is 14.7 Å². The summed E-state index contributed by atoms with van der Waals surface area (Å²) in [6, 6.07) is 3.33. The molecule has 0 fully saturated rings. The minimum Gasteiger partial charge on any atom is -0.467 e. The molecule has 100 valence electrons. The molecule has 0 amide bonds. The van der Waals surface area contributed by atoms with Gasteiger partial charge in [-0.05, 0) is 12.1 Å². The number of benzene rings is 1. The van der Waals surface area contributed by atoms with Gasteiger partial charge in [-0.15, -0.1) is 4.98 Å². The van der Waals surface area contributed by atoms with Crippen molar-refractivity contribution in [3.63, 3.8) is 0 Å². The van der Waals surface area contributed by atoms with Gasteiger partial charge in [-0.3, -0.25) is 0 Å². The van der Waals surface area contributed by atoms with Gasteiger partial charge in [0.2, 0.25) is 11.8 Å². The largest absolute Gasteiger partial charge is 0.467 e. The molecule has 0 bridgehead atoms. The van der Waals surface area contributed by atoms with Gasteiger partial charge >= 0.3 is 12.0 Å². The van der Waals surface area contributed by atoms with Gasteiger partial charge in [0, 0.05) is 7.05 Å². The molecular weight excluding hydrogens is 258 g/mol. The molecule has 1 aromatic carbocycles. The van der Waals surface area contributed by atoms with Crippen LogP contribution >= 0.6 is 0 Å². The first-order chi connectivity index (χ1) is 9.13. The molecule has 19 heavy (non-hydrogen) atoms. The van der Waals surface area contributed by atoms with Crippen LogP contribution in [0.25, 0.3) is 0 Å². The van der Waals surface area contributed by atoms with Crippen LogP contribution in [0.15, 0.2) is 18.2 Å². The van der Waals surface area contributed by atoms with E-state index in [0.717, 1.165) is 6.07 Å². The maximum atomic E-state index is 13.4. The average Bonchev–Trinajstić information content (AvgIpc) is 2.43. The molecule has 1 heterocycles. The van der Waals surface area contributed by atoms with E-state index in [1.54, 1.807) is 7.05 Å². The fourth-order valence-corrected chi connectivity index (χ4v) is 1.25. The first-order valence-electron chi connectivity index (χ1n) is 5.23. The number of nitrogens with zero attached hydrogens (tertiary/aromatic N) is 3. The zero-order valence-corrected chi connectivity index (χ0v) is 10.1. The number of halogens is 2. The Morgan fingerprint density at radius 2 is 1.84 bits per heavy atom. The highest BCUT2D eigenvalue weighted by atomic mass is 19.2. The highest BCUT2D eigenvalue weighted by Crippen LogP contribution is 2.24. The zero-order chi connectivity index (χ0) is 13.8. The molecule has 0 saturated heterocycles. The van der Waals surface area contributed by atoms with Gasteiger partial charge in [-0.2, -0.15) is 14.4 Å². The molecular formula is C11H10F2N4O2. The average molecular weight is 268 g/mol. The number of hydrogen-bond donors (Lipinski definition) is 1. The highest BCUT2D eigenvalue weighted by molar-refractivity contribution is 5.31. The van der Waals surface area contributed by atoms with Crippen molar-refractivity contribution in [2.75, 3.05) is 19.5 Å². The second kappa shape index (κ2) is 5.42. The summed E-state index contributed by atoms with van der Waals surface area (Å²) >= 11 is 0. The second-order valence-corrected chi connectivity index (χ2v) is 3.33. The van der Waals surface area contributed by atoms with Crippen molar-refractivity contribution in [2.24, 2.45) is 0 Å². The van der Waals surface area contributed by atoms with Gasteiger partial charge in [0.1, 0.15) is 0 Å². The number of hydrogen-bond acceptors (Lipinski definition) is 6. The van der Waals surface area contributed by atoms with Crippen LogP contribution in [0.5, 0.6) is 17.8 Å². The predicted octanol–water partition coefficient (Wildman–Crippen LogP) is 1.99. The second-order valence-electron chi connectivity index (χ2n) is 3.33. The molecule has 2 rings (SSSR count). The van der Waals surface area contributed by atoms with Gasteiger partial charge < -0.3 is 14.8 Å². The third kappa shape index (κ3) is 2.84. The van der Waals surface area contributed by atoms with Gasteiger partial charge in [0.25, 0.3) is 0 Å². The molecule has 1 aromatic heterocycles. The lowest BCUT2D eigenvalue weighted by molar-refractivity contribution is 0.351. The lowest BCUT2D eigenvalue weighted by Gasteiger charge is -2.07. The van der Waals surface area contributed by atoms with Crippen molar-refractivity contribution < 1.29 is 18.3 Å². The van der Waals surface area contributed by atoms with Crippen molar-refractivity contribution >= 4 is 5.95 Å². The Labute approximate surface area is 107 Å². The molecule has 0 aliphatic rings. The van der Waals surface area contributed by atoms with Gasteiger partial charge in [0.15, 0.2) is 11.6 Å². The maximum absolute atomic E-state index is 13.4. The number of methoxy groups -OCH3 is 1. The minimum atomic E-state index is -1.12. The first kappa shape index (κ1) is 12.9.